The minimum Gasteiger partial charge on any atom is -0.413 e. The van der Waals surface area contributed by atoms with Crippen molar-refractivity contribution in [3.8, 4) is 0 Å². The number of halogens is 3. The molecule has 0 saturated heterocycles. The van der Waals surface area contributed by atoms with Gasteiger partial charge >= 0.3 is 0 Å². The summed E-state index contributed by atoms with van der Waals surface area (Å²) < 4.78 is 0. The Kier molecular flexibility index (Phi) is 17.9. The summed E-state index contributed by atoms with van der Waals surface area (Å²) in [6, 6.07) is 0. The van der Waals surface area contributed by atoms with Crippen LogP contribution in [0.1, 0.15) is 20.8 Å². The summed E-state index contributed by atoms with van der Waals surface area (Å²) in [6.07, 6.45) is 4.37. The van der Waals surface area contributed by atoms with E-state index in [1.807, 2.05) is 0 Å². The molecule has 0 unspecified atom stereocenters. The molecule has 0 N–H and O–H groups in total. The van der Waals surface area contributed by atoms with Gasteiger partial charge in [0.25, 0.3) is 0 Å². The Morgan fingerprint density at radius 2 is 1.09 bits per heavy atom. The molecule has 0 fully saturated rings. The lowest BCUT2D eigenvalue weighted by Gasteiger charge is -1.98. The molecular weight excluding hydrogens is 370 g/mol. The van der Waals surface area contributed by atoms with Gasteiger partial charge in [-0.3, -0.25) is 0 Å². The smallest absolute Gasteiger partial charge is 0.239 e. The second kappa shape index (κ2) is 12.4. The van der Waals surface area contributed by atoms with Crippen molar-refractivity contribution >= 4 is 58.7 Å². The fraction of sp³-hybridized carbons (Fsp3) is 1.00. The Bertz CT molecular complexity index is 60.6. The van der Waals surface area contributed by atoms with Crippen LogP contribution < -0.4 is 0 Å². The molecule has 0 aromatic heterocycles. The van der Waals surface area contributed by atoms with Gasteiger partial charge in [-0.1, -0.05) is 0 Å². The van der Waals surface area contributed by atoms with Crippen molar-refractivity contribution in [3.05, 3.63) is 0 Å². The van der Waals surface area contributed by atoms with Crippen LogP contribution in [-0.4, -0.2) is 27.2 Å². The van der Waals surface area contributed by atoms with Crippen molar-refractivity contribution in [1.29, 1.82) is 0 Å². The van der Waals surface area contributed by atoms with Crippen LogP contribution in [0.4, 0.5) is 0 Å². The van der Waals surface area contributed by atoms with Crippen molar-refractivity contribution in [2.75, 3.05) is 18.5 Å². The van der Waals surface area contributed by atoms with E-state index in [9.17, 15) is 0 Å². The third-order valence-electron chi connectivity index (χ3n) is 1.50. The third kappa shape index (κ3) is 19.0. The molecule has 0 aliphatic carbocycles. The Morgan fingerprint density at radius 1 is 0.909 bits per heavy atom. The van der Waals surface area contributed by atoms with E-state index >= 15 is 0 Å². The molecule has 0 aliphatic heterocycles. The molecule has 0 rings (SSSR count). The number of hydrogen-bond donors (Lipinski definition) is 0. The van der Waals surface area contributed by atoms with E-state index in [0.29, 0.717) is 0 Å². The van der Waals surface area contributed by atoms with Crippen molar-refractivity contribution in [1.82, 2.24) is 0 Å². The average molecular weight is 386 g/mol. The number of hydrogen-bond acceptors (Lipinski definition) is 0. The first kappa shape index (κ1) is 15.9. The minimum absolute atomic E-state index is 0.137. The van der Waals surface area contributed by atoms with E-state index in [1.165, 1.54) is 18.5 Å². The van der Waals surface area contributed by atoms with Gasteiger partial charge in [0.1, 0.15) is 0 Å². The van der Waals surface area contributed by atoms with Crippen LogP contribution in [0.15, 0.2) is 0 Å². The molecule has 0 spiro atoms. The lowest BCUT2D eigenvalue weighted by molar-refractivity contribution is 1.35. The summed E-state index contributed by atoms with van der Waals surface area (Å²) in [4.78, 5) is 0. The van der Waals surface area contributed by atoms with E-state index in [0.717, 1.165) is 0 Å². The topological polar surface area (TPSA) is 0 Å². The van der Waals surface area contributed by atoms with Gasteiger partial charge in [0.05, 0.1) is 18.5 Å². The Hall–Kier alpha value is 2.40. The van der Waals surface area contributed by atoms with E-state index in [2.05, 4.69) is 62.9 Å². The summed E-state index contributed by atoms with van der Waals surface area (Å²) in [6.45, 7) is 6.92. The molecular formula is C6H16AlBr3P. The van der Waals surface area contributed by atoms with E-state index in [1.54, 1.807) is 0 Å². The largest absolute Gasteiger partial charge is 0.413 e. The van der Waals surface area contributed by atoms with Gasteiger partial charge in [-0.25, -0.2) is 0 Å². The molecule has 69 valence electrons. The van der Waals surface area contributed by atoms with Crippen LogP contribution in [0.5, 0.6) is 0 Å². The van der Waals surface area contributed by atoms with Crippen molar-refractivity contribution in [2.24, 2.45) is 0 Å². The standard InChI is InChI=1S/C6H15P.Al.3BrH/c1-4-7(5-2)6-3;;;;/h4-6H2,1-3H3;;3*1H/q;+2;;;/p-2. The van der Waals surface area contributed by atoms with Crippen LogP contribution in [-0.2, 0) is 0 Å². The van der Waals surface area contributed by atoms with Gasteiger partial charge in [0.2, 0.25) is 8.67 Å². The highest BCUT2D eigenvalue weighted by Gasteiger charge is 2.03. The Morgan fingerprint density at radius 3 is 1.09 bits per heavy atom. The first-order chi connectivity index (χ1) is 5.08. The van der Waals surface area contributed by atoms with Crippen molar-refractivity contribution < 1.29 is 0 Å². The molecule has 1 radical (unpaired) electrons. The molecule has 0 amide bonds. The fourth-order valence-corrected chi connectivity index (χ4v) is 2.25. The lowest BCUT2D eigenvalue weighted by Crippen LogP contribution is -1.83. The third-order valence-corrected chi connectivity index (χ3v) is 4.50. The fourth-order valence-electron chi connectivity index (χ4n) is 0.750. The van der Waals surface area contributed by atoms with Gasteiger partial charge in [0, 0.05) is 0 Å². The van der Waals surface area contributed by atoms with Gasteiger partial charge in [-0.2, -0.15) is 0 Å². The molecule has 0 aliphatic rings. The van der Waals surface area contributed by atoms with E-state index in [-0.39, 0.29) is 7.92 Å². The SMILES string of the molecule is CC[PH+](CC)CC.[Br][Al-]([Br])[Br]. The molecule has 11 heavy (non-hydrogen) atoms. The van der Waals surface area contributed by atoms with Crippen molar-refractivity contribution in [3.63, 3.8) is 0 Å². The zero-order valence-electron chi connectivity index (χ0n) is 7.33. The van der Waals surface area contributed by atoms with E-state index < -0.39 is 8.67 Å². The van der Waals surface area contributed by atoms with Crippen LogP contribution >= 0.6 is 50.1 Å². The molecule has 5 heteroatoms. The number of rotatable bonds is 3. The van der Waals surface area contributed by atoms with E-state index in [4.69, 9.17) is 0 Å². The average Bonchev–Trinajstić information content (AvgIpc) is 1.90. The first-order valence-corrected chi connectivity index (χ1v) is 15.5. The summed E-state index contributed by atoms with van der Waals surface area (Å²) >= 11 is 9.73. The van der Waals surface area contributed by atoms with Gasteiger partial charge in [-0.15, -0.1) is 0 Å². The quantitative estimate of drug-likeness (QED) is 0.498. The molecule has 0 bridgehead atoms. The Balaban J connectivity index is 0. The monoisotopic (exact) mass is 383 g/mol. The molecule has 0 aromatic carbocycles. The predicted octanol–water partition coefficient (Wildman–Crippen LogP) is 4.42. The molecule has 0 saturated carbocycles. The van der Waals surface area contributed by atoms with Gasteiger partial charge in [0.15, 0.2) is 0 Å². The minimum atomic E-state index is -0.701. The zero-order chi connectivity index (χ0) is 9.28. The van der Waals surface area contributed by atoms with Crippen LogP contribution in [0.25, 0.3) is 0 Å². The van der Waals surface area contributed by atoms with Crippen LogP contribution in [0.2, 0.25) is 0 Å². The highest BCUT2D eigenvalue weighted by atomic mass is 80.0. The second-order valence-corrected chi connectivity index (χ2v) is 25.5. The molecule has 0 aromatic rings. The highest BCUT2D eigenvalue weighted by molar-refractivity contribution is 9.69. The Labute approximate surface area is 97.0 Å². The molecule has 0 heterocycles. The van der Waals surface area contributed by atoms with Gasteiger partial charge in [-0.05, 0) is 28.7 Å². The summed E-state index contributed by atoms with van der Waals surface area (Å²) in [5.74, 6) is 0. The maximum Gasteiger partial charge on any atom is 0.239 e. The molecule has 0 atom stereocenters. The first-order valence-electron chi connectivity index (χ1n) is 3.84. The summed E-state index contributed by atoms with van der Waals surface area (Å²) in [7, 11) is -0.564. The van der Waals surface area contributed by atoms with Crippen molar-refractivity contribution in [2.45, 2.75) is 20.8 Å². The normalized spacial score (nSPS) is 9.82. The van der Waals surface area contributed by atoms with Crippen LogP contribution in [0.3, 0.4) is 0 Å². The molecule has 0 nitrogen and oxygen atoms in total. The summed E-state index contributed by atoms with van der Waals surface area (Å²) in [5.41, 5.74) is 0. The maximum atomic E-state index is 3.24. The zero-order valence-corrected chi connectivity index (χ0v) is 14.2. The summed E-state index contributed by atoms with van der Waals surface area (Å²) in [5, 5.41) is 0. The lowest BCUT2D eigenvalue weighted by atomic mass is 10.9. The highest BCUT2D eigenvalue weighted by Crippen LogP contribution is 2.32. The van der Waals surface area contributed by atoms with Gasteiger partial charge < -0.3 is 42.2 Å². The predicted molar refractivity (Wildman–Crippen MR) is 72.5 cm³/mol. The second-order valence-electron chi connectivity index (χ2n) is 2.06. The maximum absolute atomic E-state index is 3.24. The van der Waals surface area contributed by atoms with Crippen LogP contribution in [0, 0.1) is 0 Å².